The van der Waals surface area contributed by atoms with Crippen LogP contribution in [0.15, 0.2) is 109 Å². The molecule has 5 heteroatoms. The van der Waals surface area contributed by atoms with Gasteiger partial charge in [-0.25, -0.2) is 4.98 Å². The molecule has 5 rings (SSSR count). The molecule has 5 aromatic rings. The Labute approximate surface area is 219 Å². The van der Waals surface area contributed by atoms with E-state index in [1.807, 2.05) is 84.9 Å². The van der Waals surface area contributed by atoms with E-state index in [2.05, 4.69) is 0 Å². The number of nitrogens with zero attached hydrogens (tertiary/aromatic N) is 1. The molecule has 4 aromatic carbocycles. The van der Waals surface area contributed by atoms with Crippen LogP contribution in [-0.4, -0.2) is 17.9 Å². The highest BCUT2D eigenvalue weighted by atomic mass is 35.5. The number of carbonyl (C=O) groups is 1. The molecule has 0 amide bonds. The molecule has 0 fully saturated rings. The maximum Gasteiger partial charge on any atom is 0.195 e. The summed E-state index contributed by atoms with van der Waals surface area (Å²) < 4.78 is 5.29. The first kappa shape index (κ1) is 23.8. The number of allylic oxidation sites excluding steroid dienone is 1. The zero-order chi connectivity index (χ0) is 25.1. The van der Waals surface area contributed by atoms with Crippen molar-refractivity contribution in [3.8, 4) is 5.75 Å². The van der Waals surface area contributed by atoms with E-state index in [9.17, 15) is 4.79 Å². The van der Waals surface area contributed by atoms with Gasteiger partial charge in [-0.1, -0.05) is 71.7 Å². The van der Waals surface area contributed by atoms with Crippen LogP contribution in [0, 0.1) is 0 Å². The highest BCUT2D eigenvalue weighted by Gasteiger charge is 2.23. The third-order valence-corrected chi connectivity index (χ3v) is 6.45. The third kappa shape index (κ3) is 4.90. The third-order valence-electron chi connectivity index (χ3n) is 5.95. The molecule has 0 unspecified atom stereocenters. The van der Waals surface area contributed by atoms with E-state index in [1.54, 1.807) is 31.4 Å². The summed E-state index contributed by atoms with van der Waals surface area (Å²) in [5.74, 6) is 0.525. The van der Waals surface area contributed by atoms with Crippen molar-refractivity contribution < 1.29 is 9.53 Å². The molecule has 3 nitrogen and oxygen atoms in total. The Bertz CT molecular complexity index is 1530. The summed E-state index contributed by atoms with van der Waals surface area (Å²) >= 11 is 12.4. The average Bonchev–Trinajstić information content (AvgIpc) is 2.92. The standard InChI is InChI=1S/C31H21Cl2NO2/c1-36-26-17-10-23(11-18-26)31(35)30(28-19-12-20-4-2-3-5-27(20)34-28)29(21-6-13-24(32)14-7-21)22-8-15-25(33)16-9-22/h2-19H,1H3. The monoisotopic (exact) mass is 509 g/mol. The number of hydrogen-bond acceptors (Lipinski definition) is 3. The molecule has 0 saturated heterocycles. The number of fused-ring (bicyclic) bond motifs is 1. The Morgan fingerprint density at radius 1 is 0.667 bits per heavy atom. The first-order valence-electron chi connectivity index (χ1n) is 11.3. The van der Waals surface area contributed by atoms with Crippen molar-refractivity contribution in [3.63, 3.8) is 0 Å². The summed E-state index contributed by atoms with van der Waals surface area (Å²) in [7, 11) is 1.60. The van der Waals surface area contributed by atoms with E-state index in [4.69, 9.17) is 32.9 Å². The zero-order valence-corrected chi connectivity index (χ0v) is 20.9. The maximum absolute atomic E-state index is 14.2. The van der Waals surface area contributed by atoms with Gasteiger partial charge in [-0.3, -0.25) is 4.79 Å². The topological polar surface area (TPSA) is 39.2 Å². The number of carbonyl (C=O) groups excluding carboxylic acids is 1. The van der Waals surface area contributed by atoms with Crippen LogP contribution in [0.2, 0.25) is 10.0 Å². The van der Waals surface area contributed by atoms with Crippen LogP contribution in [0.25, 0.3) is 22.0 Å². The second-order valence-corrected chi connectivity index (χ2v) is 9.08. The number of ketones is 1. The van der Waals surface area contributed by atoms with Crippen LogP contribution in [0.1, 0.15) is 27.2 Å². The van der Waals surface area contributed by atoms with E-state index >= 15 is 0 Å². The van der Waals surface area contributed by atoms with Crippen LogP contribution < -0.4 is 4.74 Å². The Hall–Kier alpha value is -3.92. The Morgan fingerprint density at radius 3 is 1.81 bits per heavy atom. The molecule has 36 heavy (non-hydrogen) atoms. The van der Waals surface area contributed by atoms with Gasteiger partial charge in [0, 0.05) is 26.6 Å². The number of rotatable bonds is 6. The van der Waals surface area contributed by atoms with Crippen molar-refractivity contribution in [2.24, 2.45) is 0 Å². The molecule has 0 atom stereocenters. The van der Waals surface area contributed by atoms with Crippen LogP contribution in [0.4, 0.5) is 0 Å². The second-order valence-electron chi connectivity index (χ2n) is 8.21. The number of benzene rings is 4. The number of methoxy groups -OCH3 is 1. The van der Waals surface area contributed by atoms with Crippen LogP contribution in [0.5, 0.6) is 5.75 Å². The number of Topliss-reactive ketones (excluding diaryl/α,β-unsaturated/α-hetero) is 1. The van der Waals surface area contributed by atoms with E-state index in [-0.39, 0.29) is 5.78 Å². The van der Waals surface area contributed by atoms with Gasteiger partial charge in [-0.05, 0) is 71.8 Å². The van der Waals surface area contributed by atoms with Gasteiger partial charge < -0.3 is 4.74 Å². The summed E-state index contributed by atoms with van der Waals surface area (Å²) in [4.78, 5) is 19.1. The van der Waals surface area contributed by atoms with Gasteiger partial charge >= 0.3 is 0 Å². The van der Waals surface area contributed by atoms with Crippen molar-refractivity contribution >= 4 is 51.0 Å². The van der Waals surface area contributed by atoms with Gasteiger partial charge in [0.05, 0.1) is 23.9 Å². The Morgan fingerprint density at radius 2 is 1.22 bits per heavy atom. The maximum atomic E-state index is 14.2. The molecule has 0 spiro atoms. The van der Waals surface area contributed by atoms with E-state index in [0.29, 0.717) is 32.6 Å². The van der Waals surface area contributed by atoms with Crippen molar-refractivity contribution in [1.82, 2.24) is 4.98 Å². The molecule has 0 aliphatic heterocycles. The molecule has 0 aliphatic carbocycles. The number of para-hydroxylation sites is 1. The lowest BCUT2D eigenvalue weighted by Gasteiger charge is -2.17. The quantitative estimate of drug-likeness (QED) is 0.170. The number of aromatic nitrogens is 1. The smallest absolute Gasteiger partial charge is 0.195 e. The lowest BCUT2D eigenvalue weighted by Crippen LogP contribution is -2.08. The molecule has 1 heterocycles. The number of ether oxygens (including phenoxy) is 1. The lowest BCUT2D eigenvalue weighted by atomic mass is 9.87. The molecule has 0 bridgehead atoms. The summed E-state index contributed by atoms with van der Waals surface area (Å²) in [5.41, 5.74) is 4.82. The minimum Gasteiger partial charge on any atom is -0.497 e. The average molecular weight is 510 g/mol. The fraction of sp³-hybridized carbons (Fsp3) is 0.0323. The van der Waals surface area contributed by atoms with Crippen molar-refractivity contribution in [2.75, 3.05) is 7.11 Å². The number of pyridine rings is 1. The summed E-state index contributed by atoms with van der Waals surface area (Å²) in [6.45, 7) is 0. The zero-order valence-electron chi connectivity index (χ0n) is 19.4. The SMILES string of the molecule is COc1ccc(C(=O)C(=C(c2ccc(Cl)cc2)c2ccc(Cl)cc2)c2ccc3ccccc3n2)cc1. The molecule has 0 aliphatic rings. The Balaban J connectivity index is 1.83. The summed E-state index contributed by atoms with van der Waals surface area (Å²) in [6, 6.07) is 33.7. The second kappa shape index (κ2) is 10.4. The largest absolute Gasteiger partial charge is 0.497 e. The van der Waals surface area contributed by atoms with Gasteiger partial charge in [-0.2, -0.15) is 0 Å². The predicted octanol–water partition coefficient (Wildman–Crippen LogP) is 8.39. The van der Waals surface area contributed by atoms with Crippen LogP contribution >= 0.6 is 23.2 Å². The van der Waals surface area contributed by atoms with E-state index in [1.165, 1.54) is 0 Å². The number of hydrogen-bond donors (Lipinski definition) is 0. The Kier molecular flexibility index (Phi) is 6.86. The molecule has 0 radical (unpaired) electrons. The van der Waals surface area contributed by atoms with Gasteiger partial charge in [0.1, 0.15) is 5.75 Å². The minimum atomic E-state index is -0.152. The van der Waals surface area contributed by atoms with Crippen molar-refractivity contribution in [3.05, 3.63) is 142 Å². The van der Waals surface area contributed by atoms with Gasteiger partial charge in [0.2, 0.25) is 0 Å². The highest BCUT2D eigenvalue weighted by Crippen LogP contribution is 2.36. The minimum absolute atomic E-state index is 0.152. The molecule has 0 saturated carbocycles. The lowest BCUT2D eigenvalue weighted by molar-refractivity contribution is 0.105. The normalized spacial score (nSPS) is 10.8. The van der Waals surface area contributed by atoms with Gasteiger partial charge in [0.25, 0.3) is 0 Å². The van der Waals surface area contributed by atoms with Gasteiger partial charge in [0.15, 0.2) is 5.78 Å². The van der Waals surface area contributed by atoms with Crippen molar-refractivity contribution in [1.29, 1.82) is 0 Å². The molecule has 176 valence electrons. The summed E-state index contributed by atoms with van der Waals surface area (Å²) in [5, 5.41) is 2.22. The van der Waals surface area contributed by atoms with Crippen molar-refractivity contribution in [2.45, 2.75) is 0 Å². The predicted molar refractivity (Wildman–Crippen MR) is 148 cm³/mol. The molecular weight excluding hydrogens is 489 g/mol. The van der Waals surface area contributed by atoms with Crippen LogP contribution in [-0.2, 0) is 0 Å². The molecule has 1 aromatic heterocycles. The van der Waals surface area contributed by atoms with Crippen LogP contribution in [0.3, 0.4) is 0 Å². The highest BCUT2D eigenvalue weighted by molar-refractivity contribution is 6.36. The first-order chi connectivity index (χ1) is 17.5. The molecule has 0 N–H and O–H groups in total. The number of halogens is 2. The fourth-order valence-corrected chi connectivity index (χ4v) is 4.39. The van der Waals surface area contributed by atoms with E-state index in [0.717, 1.165) is 27.6 Å². The summed E-state index contributed by atoms with van der Waals surface area (Å²) in [6.07, 6.45) is 0. The van der Waals surface area contributed by atoms with Gasteiger partial charge in [-0.15, -0.1) is 0 Å². The first-order valence-corrected chi connectivity index (χ1v) is 12.1. The fourth-order valence-electron chi connectivity index (χ4n) is 4.14. The molecular formula is C31H21Cl2NO2. The van der Waals surface area contributed by atoms with E-state index < -0.39 is 0 Å².